The molecular formula is C25H29N2O+. The second kappa shape index (κ2) is 7.05. The minimum atomic E-state index is -2.79. The summed E-state index contributed by atoms with van der Waals surface area (Å²) in [5, 5.41) is 1.88. The molecule has 4 aromatic rings. The molecule has 0 N–H and O–H groups in total. The van der Waals surface area contributed by atoms with Gasteiger partial charge in [-0.3, -0.25) is 0 Å². The smallest absolute Gasteiger partial charge is 0.227 e. The van der Waals surface area contributed by atoms with Crippen LogP contribution in [-0.2, 0) is 19.8 Å². The van der Waals surface area contributed by atoms with Crippen LogP contribution in [0.2, 0.25) is 0 Å². The Morgan fingerprint density at radius 3 is 2.75 bits per heavy atom. The van der Waals surface area contributed by atoms with Crippen LogP contribution in [-0.4, -0.2) is 4.98 Å². The average molecular weight is 380 g/mol. The van der Waals surface area contributed by atoms with Gasteiger partial charge in [0.05, 0.1) is 5.56 Å². The van der Waals surface area contributed by atoms with Gasteiger partial charge in [-0.2, -0.15) is 0 Å². The predicted molar refractivity (Wildman–Crippen MR) is 116 cm³/mol. The molecule has 3 nitrogen and oxygen atoms in total. The molecule has 0 bridgehead atoms. The predicted octanol–water partition coefficient (Wildman–Crippen LogP) is 5.85. The normalized spacial score (nSPS) is 18.0. The van der Waals surface area contributed by atoms with E-state index in [0.717, 1.165) is 46.6 Å². The van der Waals surface area contributed by atoms with Crippen molar-refractivity contribution in [1.82, 2.24) is 4.98 Å². The Balaban J connectivity index is 1.95. The first-order chi connectivity index (χ1) is 15.7. The largest absolute Gasteiger partial charge is 0.437 e. The van der Waals surface area contributed by atoms with E-state index in [1.165, 1.54) is 0 Å². The second-order valence-electron chi connectivity index (χ2n) is 7.36. The number of hydrogen-bond donors (Lipinski definition) is 0. The molecule has 1 aromatic carbocycles. The van der Waals surface area contributed by atoms with Gasteiger partial charge in [0.2, 0.25) is 11.4 Å². The summed E-state index contributed by atoms with van der Waals surface area (Å²) in [6.45, 7) is 4.12. The van der Waals surface area contributed by atoms with Gasteiger partial charge in [0, 0.05) is 36.3 Å². The van der Waals surface area contributed by atoms with Gasteiger partial charge >= 0.3 is 0 Å². The third-order valence-corrected chi connectivity index (χ3v) is 5.19. The van der Waals surface area contributed by atoms with Crippen LogP contribution < -0.4 is 4.57 Å². The summed E-state index contributed by atoms with van der Waals surface area (Å²) in [7, 11) is 1.79. The number of aryl methyl sites for hydroxylation is 4. The molecule has 0 aliphatic heterocycles. The van der Waals surface area contributed by atoms with Gasteiger partial charge in [0.15, 0.2) is 11.8 Å². The van der Waals surface area contributed by atoms with Gasteiger partial charge < -0.3 is 4.42 Å². The molecule has 3 heteroatoms. The maximum atomic E-state index is 8.60. The zero-order chi connectivity index (χ0) is 25.2. The molecule has 3 aromatic heterocycles. The lowest BCUT2D eigenvalue weighted by molar-refractivity contribution is -0.660. The van der Waals surface area contributed by atoms with Crippen molar-refractivity contribution in [2.75, 3.05) is 0 Å². The summed E-state index contributed by atoms with van der Waals surface area (Å²) in [6, 6.07) is 9.91. The molecule has 0 aliphatic carbocycles. The summed E-state index contributed by atoms with van der Waals surface area (Å²) in [5.41, 5.74) is 5.64. The number of pyridine rings is 2. The maximum absolute atomic E-state index is 8.60. The fraction of sp³-hybridized carbons (Fsp3) is 0.360. The molecule has 1 atom stereocenters. The minimum Gasteiger partial charge on any atom is -0.437 e. The third kappa shape index (κ3) is 3.09. The standard InChI is InChI=1S/C25H29N2O/c1-7-19-9-11-21-20-10-8-16(4)23(24(20)28-25(21)26-19)22-13-17(5)18(12-15(2)3)14-27(22)6/h8-11,13-15H,7,12H2,1-6H3/q+1/i2D3,12D2,15D. The molecule has 3 heterocycles. The van der Waals surface area contributed by atoms with Crippen molar-refractivity contribution < 1.29 is 17.2 Å². The number of aromatic nitrogens is 2. The second-order valence-corrected chi connectivity index (χ2v) is 7.36. The van der Waals surface area contributed by atoms with Crippen molar-refractivity contribution in [2.45, 2.75) is 47.3 Å². The number of fused-ring (bicyclic) bond motifs is 3. The molecule has 0 spiro atoms. The summed E-state index contributed by atoms with van der Waals surface area (Å²) < 4.78 is 56.8. The summed E-state index contributed by atoms with van der Waals surface area (Å²) in [6.07, 6.45) is -0.00126. The highest BCUT2D eigenvalue weighted by Gasteiger charge is 2.22. The fourth-order valence-corrected chi connectivity index (χ4v) is 3.70. The summed E-state index contributed by atoms with van der Waals surface area (Å²) in [5.74, 6) is -2.32. The number of hydrogen-bond acceptors (Lipinski definition) is 2. The van der Waals surface area contributed by atoms with Crippen LogP contribution in [0.15, 0.2) is 40.9 Å². The molecule has 0 fully saturated rings. The van der Waals surface area contributed by atoms with Gasteiger partial charge in [-0.1, -0.05) is 32.8 Å². The SMILES string of the molecule is [2H]C([2H])([2H])C([2H])(C)C([2H])([2H])c1c[n+](C)c(-c2c(C)ccc3c2oc2nc(CC)ccc23)cc1C. The molecule has 1 unspecified atom stereocenters. The van der Waals surface area contributed by atoms with Crippen LogP contribution in [0, 0.1) is 19.7 Å². The van der Waals surface area contributed by atoms with Crippen LogP contribution in [0.25, 0.3) is 33.3 Å². The van der Waals surface area contributed by atoms with Gasteiger partial charge in [-0.05, 0) is 55.8 Å². The van der Waals surface area contributed by atoms with E-state index in [4.69, 9.17) is 12.6 Å². The van der Waals surface area contributed by atoms with E-state index in [1.807, 2.05) is 44.2 Å². The van der Waals surface area contributed by atoms with Gasteiger partial charge in [-0.25, -0.2) is 9.55 Å². The Morgan fingerprint density at radius 1 is 1.21 bits per heavy atom. The Morgan fingerprint density at radius 2 is 2.00 bits per heavy atom. The molecule has 144 valence electrons. The molecule has 0 amide bonds. The van der Waals surface area contributed by atoms with E-state index in [9.17, 15) is 0 Å². The highest BCUT2D eigenvalue weighted by Crippen LogP contribution is 2.36. The topological polar surface area (TPSA) is 29.9 Å². The van der Waals surface area contributed by atoms with Gasteiger partial charge in [0.25, 0.3) is 0 Å². The molecule has 0 saturated heterocycles. The van der Waals surface area contributed by atoms with Crippen molar-refractivity contribution in [3.05, 3.63) is 58.9 Å². The van der Waals surface area contributed by atoms with E-state index in [1.54, 1.807) is 24.7 Å². The van der Waals surface area contributed by atoms with E-state index in [0.29, 0.717) is 16.9 Å². The Bertz CT molecular complexity index is 1420. The Labute approximate surface area is 175 Å². The minimum absolute atomic E-state index is 0.177. The number of nitrogens with zero attached hydrogens (tertiary/aromatic N) is 2. The van der Waals surface area contributed by atoms with E-state index in [-0.39, 0.29) is 5.56 Å². The molecule has 0 saturated carbocycles. The monoisotopic (exact) mass is 379 g/mol. The fourth-order valence-electron chi connectivity index (χ4n) is 3.70. The molecule has 4 rings (SSSR count). The zero-order valence-corrected chi connectivity index (χ0v) is 17.0. The van der Waals surface area contributed by atoms with Crippen molar-refractivity contribution in [1.29, 1.82) is 0 Å². The maximum Gasteiger partial charge on any atom is 0.227 e. The number of rotatable bonds is 4. The first-order valence-electron chi connectivity index (χ1n) is 12.5. The molecule has 28 heavy (non-hydrogen) atoms. The lowest BCUT2D eigenvalue weighted by atomic mass is 9.96. The average Bonchev–Trinajstić information content (AvgIpc) is 3.11. The van der Waals surface area contributed by atoms with Gasteiger partial charge in [0.1, 0.15) is 7.05 Å². The molecular weight excluding hydrogens is 344 g/mol. The Hall–Kier alpha value is -2.68. The quantitative estimate of drug-likeness (QED) is 0.416. The Kier molecular flexibility index (Phi) is 3.20. The zero-order valence-electron chi connectivity index (χ0n) is 23.0. The van der Waals surface area contributed by atoms with E-state index >= 15 is 0 Å². The van der Waals surface area contributed by atoms with Crippen molar-refractivity contribution in [3.63, 3.8) is 0 Å². The number of furan rings is 1. The first kappa shape index (κ1) is 12.7. The van der Waals surface area contributed by atoms with Crippen molar-refractivity contribution >= 4 is 22.1 Å². The van der Waals surface area contributed by atoms with Crippen LogP contribution >= 0.6 is 0 Å². The number of benzene rings is 1. The van der Waals surface area contributed by atoms with Crippen molar-refractivity contribution in [3.8, 4) is 11.3 Å². The highest BCUT2D eigenvalue weighted by molar-refractivity contribution is 6.08. The lowest BCUT2D eigenvalue weighted by Gasteiger charge is -2.11. The highest BCUT2D eigenvalue weighted by atomic mass is 16.3. The van der Waals surface area contributed by atoms with Gasteiger partial charge in [-0.15, -0.1) is 0 Å². The van der Waals surface area contributed by atoms with E-state index in [2.05, 4.69) is 4.98 Å². The van der Waals surface area contributed by atoms with Crippen LogP contribution in [0.5, 0.6) is 0 Å². The van der Waals surface area contributed by atoms with Crippen LogP contribution in [0.3, 0.4) is 0 Å². The molecule has 0 radical (unpaired) electrons. The first-order valence-corrected chi connectivity index (χ1v) is 9.53. The molecule has 0 aliphatic rings. The van der Waals surface area contributed by atoms with Crippen LogP contribution in [0.1, 0.15) is 51.3 Å². The lowest BCUT2D eigenvalue weighted by Crippen LogP contribution is -2.32. The summed E-state index contributed by atoms with van der Waals surface area (Å²) in [4.78, 5) is 4.63. The third-order valence-electron chi connectivity index (χ3n) is 5.19. The van der Waals surface area contributed by atoms with Crippen LogP contribution in [0.4, 0.5) is 0 Å². The van der Waals surface area contributed by atoms with Crippen molar-refractivity contribution in [2.24, 2.45) is 12.9 Å². The van der Waals surface area contributed by atoms with E-state index < -0.39 is 19.1 Å². The summed E-state index contributed by atoms with van der Waals surface area (Å²) >= 11 is 0.